The van der Waals surface area contributed by atoms with Crippen molar-refractivity contribution in [2.75, 3.05) is 13.1 Å². The van der Waals surface area contributed by atoms with Gasteiger partial charge in [-0.2, -0.15) is 13.2 Å². The number of amides is 2. The van der Waals surface area contributed by atoms with Crippen LogP contribution in [0.4, 0.5) is 13.2 Å². The monoisotopic (exact) mass is 320 g/mol. The predicted molar refractivity (Wildman–Crippen MR) is 77.0 cm³/mol. The highest BCUT2D eigenvalue weighted by Crippen LogP contribution is 2.30. The van der Waals surface area contributed by atoms with E-state index in [-0.39, 0.29) is 5.41 Å². The van der Waals surface area contributed by atoms with Crippen LogP contribution in [-0.4, -0.2) is 41.5 Å². The molecule has 1 heterocycles. The van der Waals surface area contributed by atoms with Gasteiger partial charge < -0.3 is 10.2 Å². The standard InChI is InChI=1S/C15H23F3N2O2/c1-13(2,3)10-6-8-20(9-7-10)12(22)14(4,5)19-11(21)15(16,17)18/h6H,7-9H2,1-5H3,(H,19,21). The Morgan fingerprint density at radius 1 is 1.14 bits per heavy atom. The van der Waals surface area contributed by atoms with Crippen LogP contribution in [-0.2, 0) is 9.59 Å². The van der Waals surface area contributed by atoms with Crippen molar-refractivity contribution in [3.63, 3.8) is 0 Å². The SMILES string of the molecule is CC(C)(C)C1=CCN(C(=O)C(C)(C)NC(=O)C(F)(F)F)CC1. The van der Waals surface area contributed by atoms with Crippen LogP contribution in [0.3, 0.4) is 0 Å². The molecule has 7 heteroatoms. The second-order valence-corrected chi connectivity index (χ2v) is 7.06. The van der Waals surface area contributed by atoms with Gasteiger partial charge in [-0.05, 0) is 25.7 Å². The molecule has 1 aliphatic heterocycles. The van der Waals surface area contributed by atoms with Crippen molar-refractivity contribution in [1.82, 2.24) is 10.2 Å². The summed E-state index contributed by atoms with van der Waals surface area (Å²) in [6.45, 7) is 9.56. The van der Waals surface area contributed by atoms with Crippen molar-refractivity contribution in [2.45, 2.75) is 52.8 Å². The van der Waals surface area contributed by atoms with Gasteiger partial charge >= 0.3 is 12.1 Å². The summed E-state index contributed by atoms with van der Waals surface area (Å²) in [5.41, 5.74) is -0.372. The van der Waals surface area contributed by atoms with Crippen LogP contribution in [0.15, 0.2) is 11.6 Å². The van der Waals surface area contributed by atoms with Gasteiger partial charge in [-0.1, -0.05) is 32.4 Å². The first-order valence-corrected chi connectivity index (χ1v) is 7.13. The fraction of sp³-hybridized carbons (Fsp3) is 0.733. The van der Waals surface area contributed by atoms with Crippen molar-refractivity contribution >= 4 is 11.8 Å². The molecule has 0 aliphatic carbocycles. The lowest BCUT2D eigenvalue weighted by atomic mass is 9.82. The van der Waals surface area contributed by atoms with E-state index in [0.29, 0.717) is 19.5 Å². The Labute approximate surface area is 128 Å². The van der Waals surface area contributed by atoms with Crippen molar-refractivity contribution in [1.29, 1.82) is 0 Å². The van der Waals surface area contributed by atoms with E-state index >= 15 is 0 Å². The van der Waals surface area contributed by atoms with E-state index in [1.807, 2.05) is 6.08 Å². The maximum atomic E-state index is 12.4. The Balaban J connectivity index is 2.77. The molecule has 22 heavy (non-hydrogen) atoms. The van der Waals surface area contributed by atoms with E-state index in [4.69, 9.17) is 0 Å². The molecule has 0 radical (unpaired) electrons. The van der Waals surface area contributed by atoms with E-state index in [1.54, 1.807) is 5.32 Å². The third-order valence-electron chi connectivity index (χ3n) is 3.68. The lowest BCUT2D eigenvalue weighted by Crippen LogP contribution is -2.59. The Hall–Kier alpha value is -1.53. The molecule has 0 aromatic heterocycles. The summed E-state index contributed by atoms with van der Waals surface area (Å²) in [4.78, 5) is 24.8. The number of nitrogens with one attached hydrogen (secondary N) is 1. The van der Waals surface area contributed by atoms with Gasteiger partial charge in [0.15, 0.2) is 0 Å². The summed E-state index contributed by atoms with van der Waals surface area (Å²) in [6, 6.07) is 0. The highest BCUT2D eigenvalue weighted by atomic mass is 19.4. The lowest BCUT2D eigenvalue weighted by Gasteiger charge is -2.36. The lowest BCUT2D eigenvalue weighted by molar-refractivity contribution is -0.176. The second kappa shape index (κ2) is 5.93. The van der Waals surface area contributed by atoms with Crippen molar-refractivity contribution in [3.8, 4) is 0 Å². The molecule has 126 valence electrons. The summed E-state index contributed by atoms with van der Waals surface area (Å²) < 4.78 is 37.0. The molecular formula is C15H23F3N2O2. The van der Waals surface area contributed by atoms with Crippen LogP contribution in [0.2, 0.25) is 0 Å². The number of nitrogens with zero attached hydrogens (tertiary/aromatic N) is 1. The van der Waals surface area contributed by atoms with Gasteiger partial charge in [0.1, 0.15) is 5.54 Å². The second-order valence-electron chi connectivity index (χ2n) is 7.06. The molecule has 1 aliphatic rings. The Kier molecular flexibility index (Phi) is 4.99. The summed E-state index contributed by atoms with van der Waals surface area (Å²) in [7, 11) is 0. The quantitative estimate of drug-likeness (QED) is 0.795. The number of hydrogen-bond acceptors (Lipinski definition) is 2. The number of carbonyl (C=O) groups excluding carboxylic acids is 2. The van der Waals surface area contributed by atoms with E-state index < -0.39 is 23.5 Å². The minimum atomic E-state index is -5.00. The normalized spacial score (nSPS) is 17.1. The Morgan fingerprint density at radius 2 is 1.68 bits per heavy atom. The first kappa shape index (κ1) is 18.5. The minimum Gasteiger partial charge on any atom is -0.337 e. The number of alkyl halides is 3. The van der Waals surface area contributed by atoms with Crippen molar-refractivity contribution < 1.29 is 22.8 Å². The predicted octanol–water partition coefficient (Wildman–Crippen LogP) is 2.65. The molecular weight excluding hydrogens is 297 g/mol. The zero-order valence-corrected chi connectivity index (χ0v) is 13.6. The van der Waals surface area contributed by atoms with Gasteiger partial charge in [-0.3, -0.25) is 9.59 Å². The van der Waals surface area contributed by atoms with Crippen LogP contribution in [0.5, 0.6) is 0 Å². The van der Waals surface area contributed by atoms with Crippen LogP contribution in [0, 0.1) is 5.41 Å². The molecule has 0 saturated heterocycles. The molecule has 4 nitrogen and oxygen atoms in total. The maximum Gasteiger partial charge on any atom is 0.471 e. The van der Waals surface area contributed by atoms with Gasteiger partial charge in [0.2, 0.25) is 5.91 Å². The molecule has 1 N–H and O–H groups in total. The van der Waals surface area contributed by atoms with Crippen LogP contribution >= 0.6 is 0 Å². The molecule has 0 aromatic rings. The van der Waals surface area contributed by atoms with Gasteiger partial charge in [0.05, 0.1) is 0 Å². The largest absolute Gasteiger partial charge is 0.471 e. The number of rotatable bonds is 2. The average Bonchev–Trinajstić information content (AvgIpc) is 2.35. The summed E-state index contributed by atoms with van der Waals surface area (Å²) in [5.74, 6) is -2.62. The van der Waals surface area contributed by atoms with Crippen LogP contribution < -0.4 is 5.32 Å². The van der Waals surface area contributed by atoms with E-state index in [9.17, 15) is 22.8 Å². The van der Waals surface area contributed by atoms with Crippen LogP contribution in [0.1, 0.15) is 41.0 Å². The van der Waals surface area contributed by atoms with Crippen molar-refractivity contribution in [2.24, 2.45) is 5.41 Å². The van der Waals surface area contributed by atoms with Crippen LogP contribution in [0.25, 0.3) is 0 Å². The van der Waals surface area contributed by atoms with E-state index in [0.717, 1.165) is 0 Å². The molecule has 2 amide bonds. The molecule has 0 atom stereocenters. The zero-order valence-electron chi connectivity index (χ0n) is 13.6. The topological polar surface area (TPSA) is 49.4 Å². The molecule has 0 fully saturated rings. The number of halogens is 3. The number of carbonyl (C=O) groups is 2. The number of hydrogen-bond donors (Lipinski definition) is 1. The van der Waals surface area contributed by atoms with Gasteiger partial charge in [-0.15, -0.1) is 0 Å². The third kappa shape index (κ3) is 4.48. The fourth-order valence-electron chi connectivity index (χ4n) is 2.34. The Bertz CT molecular complexity index is 488. The first-order chi connectivity index (χ1) is 9.75. The molecule has 0 saturated carbocycles. The summed E-state index contributed by atoms with van der Waals surface area (Å²) >= 11 is 0. The maximum absolute atomic E-state index is 12.4. The van der Waals surface area contributed by atoms with Gasteiger partial charge in [0, 0.05) is 13.1 Å². The highest BCUT2D eigenvalue weighted by Gasteiger charge is 2.44. The fourth-order valence-corrected chi connectivity index (χ4v) is 2.34. The molecule has 0 unspecified atom stereocenters. The molecule has 1 rings (SSSR count). The first-order valence-electron chi connectivity index (χ1n) is 7.13. The third-order valence-corrected chi connectivity index (χ3v) is 3.68. The molecule has 0 aromatic carbocycles. The van der Waals surface area contributed by atoms with E-state index in [2.05, 4.69) is 20.8 Å². The minimum absolute atomic E-state index is 0.00908. The summed E-state index contributed by atoms with van der Waals surface area (Å²) in [5, 5.41) is 1.76. The van der Waals surface area contributed by atoms with E-state index in [1.165, 1.54) is 24.3 Å². The molecule has 0 bridgehead atoms. The average molecular weight is 320 g/mol. The molecule has 0 spiro atoms. The van der Waals surface area contributed by atoms with Gasteiger partial charge in [-0.25, -0.2) is 0 Å². The van der Waals surface area contributed by atoms with Crippen molar-refractivity contribution in [3.05, 3.63) is 11.6 Å². The smallest absolute Gasteiger partial charge is 0.337 e. The zero-order chi connectivity index (χ0) is 17.3. The highest BCUT2D eigenvalue weighted by molar-refractivity contribution is 5.92. The van der Waals surface area contributed by atoms with Gasteiger partial charge in [0.25, 0.3) is 0 Å². The summed E-state index contributed by atoms with van der Waals surface area (Å²) in [6.07, 6.45) is -2.39. The Morgan fingerprint density at radius 3 is 2.05 bits per heavy atom.